The van der Waals surface area contributed by atoms with Crippen molar-refractivity contribution in [2.75, 3.05) is 0 Å². The van der Waals surface area contributed by atoms with E-state index in [0.29, 0.717) is 0 Å². The van der Waals surface area contributed by atoms with Gasteiger partial charge in [-0.25, -0.2) is 0 Å². The summed E-state index contributed by atoms with van der Waals surface area (Å²) >= 11 is 0. The summed E-state index contributed by atoms with van der Waals surface area (Å²) in [5.74, 6) is 0. The maximum absolute atomic E-state index is 2.39. The van der Waals surface area contributed by atoms with E-state index in [1.54, 1.807) is 0 Å². The van der Waals surface area contributed by atoms with Crippen LogP contribution in [0.25, 0.3) is 0 Å². The standard InChI is InChI=1S/C12H25.Na/c1-3-5-7-9-11-12-10-8-6-4-2;/h5H,3-4,6-12H2,1-2H3;/q-1;+1. The van der Waals surface area contributed by atoms with Gasteiger partial charge >= 0.3 is 29.6 Å². The first-order chi connectivity index (χ1) is 5.91. The Balaban J connectivity index is 0. The maximum atomic E-state index is 2.39. The third-order valence-corrected chi connectivity index (χ3v) is 2.30. The van der Waals surface area contributed by atoms with E-state index in [9.17, 15) is 0 Å². The van der Waals surface area contributed by atoms with Crippen molar-refractivity contribution in [3.05, 3.63) is 6.42 Å². The predicted molar refractivity (Wildman–Crippen MR) is 57.2 cm³/mol. The van der Waals surface area contributed by atoms with Gasteiger partial charge in [0.25, 0.3) is 0 Å². The van der Waals surface area contributed by atoms with Crippen LogP contribution >= 0.6 is 0 Å². The molecule has 13 heavy (non-hydrogen) atoms. The van der Waals surface area contributed by atoms with Gasteiger partial charge in [0.1, 0.15) is 0 Å². The second-order valence-electron chi connectivity index (χ2n) is 3.61. The van der Waals surface area contributed by atoms with Crippen LogP contribution in [0.2, 0.25) is 0 Å². The second-order valence-corrected chi connectivity index (χ2v) is 3.61. The Labute approximate surface area is 107 Å². The molecule has 0 N–H and O–H groups in total. The molecule has 0 unspecified atom stereocenters. The molecule has 0 aliphatic heterocycles. The summed E-state index contributed by atoms with van der Waals surface area (Å²) in [6, 6.07) is 0. The fraction of sp³-hybridized carbons (Fsp3) is 0.917. The molecule has 0 bridgehead atoms. The van der Waals surface area contributed by atoms with Gasteiger partial charge < -0.3 is 6.42 Å². The van der Waals surface area contributed by atoms with Gasteiger partial charge in [0.2, 0.25) is 0 Å². The molecule has 0 atom stereocenters. The van der Waals surface area contributed by atoms with E-state index in [1.807, 2.05) is 0 Å². The summed E-state index contributed by atoms with van der Waals surface area (Å²) in [6.07, 6.45) is 15.0. The first-order valence-corrected chi connectivity index (χ1v) is 5.73. The van der Waals surface area contributed by atoms with Gasteiger partial charge in [-0.1, -0.05) is 58.8 Å². The molecule has 0 saturated carbocycles. The quantitative estimate of drug-likeness (QED) is 0.296. The summed E-state index contributed by atoms with van der Waals surface area (Å²) in [4.78, 5) is 0. The monoisotopic (exact) mass is 192 g/mol. The van der Waals surface area contributed by atoms with E-state index in [-0.39, 0.29) is 29.6 Å². The van der Waals surface area contributed by atoms with Crippen molar-refractivity contribution in [2.24, 2.45) is 0 Å². The molecule has 0 spiro atoms. The fourth-order valence-corrected chi connectivity index (χ4v) is 1.45. The molecule has 74 valence electrons. The van der Waals surface area contributed by atoms with Crippen molar-refractivity contribution in [3.8, 4) is 0 Å². The van der Waals surface area contributed by atoms with Crippen LogP contribution in [0.15, 0.2) is 0 Å². The molecule has 0 aliphatic carbocycles. The van der Waals surface area contributed by atoms with Crippen LogP contribution in [0.4, 0.5) is 0 Å². The Kier molecular flexibility index (Phi) is 19.6. The molecular weight excluding hydrogens is 167 g/mol. The zero-order valence-corrected chi connectivity index (χ0v) is 11.9. The summed E-state index contributed by atoms with van der Waals surface area (Å²) in [5.41, 5.74) is 0. The number of hydrogen-bond acceptors (Lipinski definition) is 0. The van der Waals surface area contributed by atoms with Gasteiger partial charge in [0, 0.05) is 0 Å². The van der Waals surface area contributed by atoms with Crippen molar-refractivity contribution in [1.29, 1.82) is 0 Å². The van der Waals surface area contributed by atoms with E-state index in [2.05, 4.69) is 20.3 Å². The molecule has 1 heteroatoms. The minimum absolute atomic E-state index is 0. The molecule has 0 aromatic carbocycles. The average molecular weight is 192 g/mol. The molecule has 0 amide bonds. The van der Waals surface area contributed by atoms with Crippen LogP contribution < -0.4 is 29.6 Å². The Morgan fingerprint density at radius 3 is 1.85 bits per heavy atom. The third-order valence-electron chi connectivity index (χ3n) is 2.30. The molecule has 0 aromatic heterocycles. The van der Waals surface area contributed by atoms with E-state index in [4.69, 9.17) is 0 Å². The topological polar surface area (TPSA) is 0 Å². The van der Waals surface area contributed by atoms with Crippen molar-refractivity contribution in [2.45, 2.75) is 71.6 Å². The molecule has 0 heterocycles. The van der Waals surface area contributed by atoms with Crippen LogP contribution in [0, 0.1) is 6.42 Å². The second kappa shape index (κ2) is 15.5. The van der Waals surface area contributed by atoms with E-state index >= 15 is 0 Å². The number of unbranched alkanes of at least 4 members (excludes halogenated alkanes) is 9. The summed E-state index contributed by atoms with van der Waals surface area (Å²) < 4.78 is 0. The Morgan fingerprint density at radius 2 is 1.31 bits per heavy atom. The van der Waals surface area contributed by atoms with Gasteiger partial charge in [0.15, 0.2) is 0 Å². The molecule has 0 fully saturated rings. The van der Waals surface area contributed by atoms with Crippen molar-refractivity contribution in [1.82, 2.24) is 0 Å². The fourth-order valence-electron chi connectivity index (χ4n) is 1.45. The van der Waals surface area contributed by atoms with Crippen molar-refractivity contribution >= 4 is 0 Å². The molecule has 0 nitrogen and oxygen atoms in total. The predicted octanol–water partition coefficient (Wildman–Crippen LogP) is 1.75. The molecule has 0 saturated heterocycles. The smallest absolute Gasteiger partial charge is 0.329 e. The normalized spacial score (nSPS) is 9.69. The molecular formula is C12H25Na. The molecule has 0 rings (SSSR count). The van der Waals surface area contributed by atoms with E-state index in [0.717, 1.165) is 0 Å². The molecule has 0 radical (unpaired) electrons. The Hall–Kier alpha value is 1.00. The SMILES string of the molecule is CC[CH-]CCCCCCCCC.[Na+]. The summed E-state index contributed by atoms with van der Waals surface area (Å²) in [5, 5.41) is 0. The first kappa shape index (κ1) is 16.4. The minimum Gasteiger partial charge on any atom is -0.329 e. The largest absolute Gasteiger partial charge is 1.00 e. The Bertz CT molecular complexity index is 61.5. The molecule has 0 aliphatic rings. The van der Waals surface area contributed by atoms with Crippen molar-refractivity contribution < 1.29 is 29.6 Å². The van der Waals surface area contributed by atoms with Crippen LogP contribution in [-0.4, -0.2) is 0 Å². The maximum Gasteiger partial charge on any atom is 1.00 e. The van der Waals surface area contributed by atoms with Crippen LogP contribution in [0.5, 0.6) is 0 Å². The molecule has 0 aromatic rings. The summed E-state index contributed by atoms with van der Waals surface area (Å²) in [7, 11) is 0. The van der Waals surface area contributed by atoms with E-state index < -0.39 is 0 Å². The van der Waals surface area contributed by atoms with Crippen LogP contribution in [-0.2, 0) is 0 Å². The van der Waals surface area contributed by atoms with Gasteiger partial charge in [-0.3, -0.25) is 0 Å². The average Bonchev–Trinajstić information content (AvgIpc) is 2.10. The van der Waals surface area contributed by atoms with Gasteiger partial charge in [-0.05, 0) is 0 Å². The van der Waals surface area contributed by atoms with Gasteiger partial charge in [0.05, 0.1) is 0 Å². The van der Waals surface area contributed by atoms with Crippen LogP contribution in [0.1, 0.15) is 71.6 Å². The number of rotatable bonds is 9. The van der Waals surface area contributed by atoms with Gasteiger partial charge in [-0.15, -0.1) is 0 Å². The van der Waals surface area contributed by atoms with Crippen LogP contribution in [0.3, 0.4) is 0 Å². The van der Waals surface area contributed by atoms with Crippen molar-refractivity contribution in [3.63, 3.8) is 0 Å². The van der Waals surface area contributed by atoms with E-state index in [1.165, 1.54) is 57.8 Å². The zero-order valence-electron chi connectivity index (χ0n) is 9.94. The third kappa shape index (κ3) is 15.7. The Morgan fingerprint density at radius 1 is 0.769 bits per heavy atom. The first-order valence-electron chi connectivity index (χ1n) is 5.73. The summed E-state index contributed by atoms with van der Waals surface area (Å²) in [6.45, 7) is 4.50. The zero-order chi connectivity index (χ0) is 9.07. The van der Waals surface area contributed by atoms with Gasteiger partial charge in [-0.2, -0.15) is 12.8 Å². The number of hydrogen-bond donors (Lipinski definition) is 0. The minimum atomic E-state index is 0.